The van der Waals surface area contributed by atoms with Crippen LogP contribution in [0.4, 0.5) is 17.3 Å². The Labute approximate surface area is 253 Å². The molecule has 5 rings (SSSR count). The molecule has 12 heteroatoms. The highest BCUT2D eigenvalue weighted by Crippen LogP contribution is 2.34. The van der Waals surface area contributed by atoms with Gasteiger partial charge < -0.3 is 20.6 Å². The summed E-state index contributed by atoms with van der Waals surface area (Å²) in [5.74, 6) is 0.259. The van der Waals surface area contributed by atoms with E-state index in [1.165, 1.54) is 12.8 Å². The predicted octanol–water partition coefficient (Wildman–Crippen LogP) is 4.19. The van der Waals surface area contributed by atoms with E-state index in [0.29, 0.717) is 35.5 Å². The molecular weight excluding hydrogens is 564 g/mol. The molecule has 1 atom stereocenters. The SMILES string of the molecule is Cc1ccccc1-c1cc2nnc(Nc3ccc(S(=O)(=O)NCCN4CCCC4)cc3)nc2cc1NC(O)NC(C)(C)C. The zero-order valence-electron chi connectivity index (χ0n) is 25.1. The number of nitrogens with zero attached hydrogens (tertiary/aromatic N) is 4. The molecule has 3 aromatic carbocycles. The summed E-state index contributed by atoms with van der Waals surface area (Å²) in [7, 11) is -3.61. The summed E-state index contributed by atoms with van der Waals surface area (Å²) in [5, 5.41) is 28.8. The first-order valence-electron chi connectivity index (χ1n) is 14.5. The molecule has 11 nitrogen and oxygen atoms in total. The monoisotopic (exact) mass is 604 g/mol. The lowest BCUT2D eigenvalue weighted by atomic mass is 9.98. The molecule has 0 aliphatic carbocycles. The van der Waals surface area contributed by atoms with Crippen molar-refractivity contribution in [3.63, 3.8) is 0 Å². The molecule has 1 fully saturated rings. The molecule has 43 heavy (non-hydrogen) atoms. The number of hydrogen-bond acceptors (Lipinski definition) is 10. The maximum Gasteiger partial charge on any atom is 0.247 e. The molecule has 228 valence electrons. The number of aryl methyl sites for hydroxylation is 1. The topological polar surface area (TPSA) is 144 Å². The van der Waals surface area contributed by atoms with Crippen LogP contribution < -0.4 is 20.7 Å². The van der Waals surface area contributed by atoms with Crippen LogP contribution in [0.25, 0.3) is 22.2 Å². The summed E-state index contributed by atoms with van der Waals surface area (Å²) in [6.07, 6.45) is 1.33. The van der Waals surface area contributed by atoms with Crippen molar-refractivity contribution < 1.29 is 13.5 Å². The molecule has 1 unspecified atom stereocenters. The van der Waals surface area contributed by atoms with Gasteiger partial charge >= 0.3 is 0 Å². The van der Waals surface area contributed by atoms with Gasteiger partial charge in [-0.1, -0.05) is 24.3 Å². The van der Waals surface area contributed by atoms with Gasteiger partial charge in [0.25, 0.3) is 0 Å². The van der Waals surface area contributed by atoms with E-state index >= 15 is 0 Å². The van der Waals surface area contributed by atoms with Crippen molar-refractivity contribution >= 4 is 38.4 Å². The van der Waals surface area contributed by atoms with E-state index in [4.69, 9.17) is 0 Å². The third-order valence-corrected chi connectivity index (χ3v) is 8.71. The van der Waals surface area contributed by atoms with Crippen molar-refractivity contribution in [2.45, 2.75) is 57.3 Å². The molecule has 0 spiro atoms. The molecular formula is C31H40N8O3S. The predicted molar refractivity (Wildman–Crippen MR) is 171 cm³/mol. The highest BCUT2D eigenvalue weighted by atomic mass is 32.2. The van der Waals surface area contributed by atoms with Gasteiger partial charge in [0.05, 0.1) is 10.4 Å². The maximum atomic E-state index is 12.7. The van der Waals surface area contributed by atoms with E-state index in [0.717, 1.165) is 29.8 Å². The van der Waals surface area contributed by atoms with Crippen molar-refractivity contribution in [3.8, 4) is 11.1 Å². The number of aliphatic hydroxyl groups is 1. The number of benzene rings is 3. The summed E-state index contributed by atoms with van der Waals surface area (Å²) in [4.78, 5) is 7.12. The molecule has 4 aromatic rings. The van der Waals surface area contributed by atoms with Gasteiger partial charge in [-0.3, -0.25) is 5.32 Å². The molecule has 0 saturated carbocycles. The lowest BCUT2D eigenvalue weighted by molar-refractivity contribution is 0.131. The average molecular weight is 605 g/mol. The zero-order valence-corrected chi connectivity index (χ0v) is 25.9. The minimum absolute atomic E-state index is 0.193. The number of aliphatic hydroxyl groups excluding tert-OH is 1. The average Bonchev–Trinajstić information content (AvgIpc) is 3.46. The molecule has 1 aliphatic rings. The van der Waals surface area contributed by atoms with Crippen molar-refractivity contribution in [1.29, 1.82) is 0 Å². The quantitative estimate of drug-likeness (QED) is 0.158. The van der Waals surface area contributed by atoms with Crippen LogP contribution in [0.5, 0.6) is 0 Å². The summed E-state index contributed by atoms with van der Waals surface area (Å²) in [5.41, 5.74) is 5.10. The summed E-state index contributed by atoms with van der Waals surface area (Å²) in [6.45, 7) is 11.1. The van der Waals surface area contributed by atoms with Crippen LogP contribution >= 0.6 is 0 Å². The second-order valence-corrected chi connectivity index (χ2v) is 13.6. The number of nitrogens with one attached hydrogen (secondary N) is 4. The molecule has 0 radical (unpaired) electrons. The Kier molecular flexibility index (Phi) is 9.23. The summed E-state index contributed by atoms with van der Waals surface area (Å²) in [6, 6.07) is 18.2. The first-order chi connectivity index (χ1) is 20.5. The maximum absolute atomic E-state index is 12.7. The van der Waals surface area contributed by atoms with Gasteiger partial charge in [0, 0.05) is 35.6 Å². The minimum atomic E-state index is -3.61. The third kappa shape index (κ3) is 8.03. The van der Waals surface area contributed by atoms with Crippen LogP contribution in [0.3, 0.4) is 0 Å². The van der Waals surface area contributed by atoms with E-state index in [1.54, 1.807) is 24.3 Å². The number of rotatable bonds is 11. The Balaban J connectivity index is 1.35. The van der Waals surface area contributed by atoms with Gasteiger partial charge in [-0.05, 0) is 101 Å². The Morgan fingerprint density at radius 2 is 1.67 bits per heavy atom. The molecule has 1 saturated heterocycles. The number of sulfonamides is 1. The lowest BCUT2D eigenvalue weighted by Gasteiger charge is -2.27. The van der Waals surface area contributed by atoms with Crippen molar-refractivity contribution in [2.75, 3.05) is 36.8 Å². The molecule has 1 aromatic heterocycles. The van der Waals surface area contributed by atoms with E-state index in [2.05, 4.69) is 40.8 Å². The molecule has 5 N–H and O–H groups in total. The first kappa shape index (κ1) is 30.8. The van der Waals surface area contributed by atoms with E-state index in [1.807, 2.05) is 64.1 Å². The van der Waals surface area contributed by atoms with Gasteiger partial charge in [-0.25, -0.2) is 18.1 Å². The fourth-order valence-electron chi connectivity index (χ4n) is 5.12. The minimum Gasteiger partial charge on any atom is -0.361 e. The Morgan fingerprint density at radius 1 is 0.953 bits per heavy atom. The van der Waals surface area contributed by atoms with Gasteiger partial charge in [0.15, 0.2) is 6.35 Å². The fourth-order valence-corrected chi connectivity index (χ4v) is 6.14. The number of hydrogen-bond donors (Lipinski definition) is 5. The standard InChI is InChI=1S/C31H40N8O3S/c1-21-9-5-6-10-24(21)25-19-28-27(20-26(25)35-30(40)36-31(2,3)4)34-29(38-37-28)33-22-11-13-23(14-12-22)43(41,42)32-15-18-39-16-7-8-17-39/h5-6,9-14,19-20,30,32,35-36,40H,7-8,15-18H2,1-4H3,(H,33,34,38). The Morgan fingerprint density at radius 3 is 2.37 bits per heavy atom. The van der Waals surface area contributed by atoms with E-state index in [9.17, 15) is 13.5 Å². The van der Waals surface area contributed by atoms with E-state index < -0.39 is 16.4 Å². The Bertz CT molecular complexity index is 1670. The van der Waals surface area contributed by atoms with Crippen molar-refractivity contribution in [3.05, 3.63) is 66.2 Å². The second kappa shape index (κ2) is 12.9. The number of likely N-dealkylation sites (tertiary alicyclic amines) is 1. The number of aromatic nitrogens is 3. The summed E-state index contributed by atoms with van der Waals surface area (Å²) < 4.78 is 28.2. The van der Waals surface area contributed by atoms with Gasteiger partial charge in [-0.2, -0.15) is 0 Å². The molecule has 0 bridgehead atoms. The number of anilines is 3. The van der Waals surface area contributed by atoms with E-state index in [-0.39, 0.29) is 16.4 Å². The molecule has 2 heterocycles. The zero-order chi connectivity index (χ0) is 30.6. The van der Waals surface area contributed by atoms with Crippen LogP contribution in [-0.4, -0.2) is 71.7 Å². The highest BCUT2D eigenvalue weighted by Gasteiger charge is 2.19. The van der Waals surface area contributed by atoms with Gasteiger partial charge in [0.1, 0.15) is 5.52 Å². The van der Waals surface area contributed by atoms with Gasteiger partial charge in [0.2, 0.25) is 16.0 Å². The largest absolute Gasteiger partial charge is 0.361 e. The lowest BCUT2D eigenvalue weighted by Crippen LogP contribution is -2.47. The molecule has 0 amide bonds. The smallest absolute Gasteiger partial charge is 0.247 e. The fraction of sp³-hybridized carbons (Fsp3) is 0.387. The van der Waals surface area contributed by atoms with Crippen LogP contribution in [0.2, 0.25) is 0 Å². The Hall–Kier alpha value is -3.68. The normalized spacial score (nSPS) is 15.1. The summed E-state index contributed by atoms with van der Waals surface area (Å²) >= 11 is 0. The van der Waals surface area contributed by atoms with Crippen molar-refractivity contribution in [2.24, 2.45) is 0 Å². The third-order valence-electron chi connectivity index (χ3n) is 7.23. The van der Waals surface area contributed by atoms with Gasteiger partial charge in [-0.15, -0.1) is 10.2 Å². The molecule has 1 aliphatic heterocycles. The van der Waals surface area contributed by atoms with Crippen LogP contribution in [0.15, 0.2) is 65.6 Å². The second-order valence-electron chi connectivity index (χ2n) is 11.9. The van der Waals surface area contributed by atoms with Crippen molar-refractivity contribution in [1.82, 2.24) is 30.1 Å². The first-order valence-corrected chi connectivity index (χ1v) is 16.0. The van der Waals surface area contributed by atoms with Crippen LogP contribution in [0, 0.1) is 6.92 Å². The van der Waals surface area contributed by atoms with Crippen LogP contribution in [0.1, 0.15) is 39.2 Å². The number of fused-ring (bicyclic) bond motifs is 1. The highest BCUT2D eigenvalue weighted by molar-refractivity contribution is 7.89. The van der Waals surface area contributed by atoms with Crippen LogP contribution in [-0.2, 0) is 10.0 Å².